The van der Waals surface area contributed by atoms with E-state index in [1.54, 1.807) is 31.2 Å². The molecular formula is C12H15NO4. The average molecular weight is 237 g/mol. The van der Waals surface area contributed by atoms with Gasteiger partial charge in [-0.05, 0) is 12.1 Å². The number of rotatable bonds is 4. The van der Waals surface area contributed by atoms with Crippen LogP contribution in [0.2, 0.25) is 0 Å². The van der Waals surface area contributed by atoms with Crippen LogP contribution in [0.4, 0.5) is 0 Å². The van der Waals surface area contributed by atoms with Gasteiger partial charge in [-0.15, -0.1) is 0 Å². The van der Waals surface area contributed by atoms with Gasteiger partial charge >= 0.3 is 5.97 Å². The SMILES string of the molecule is CCC(=O)CC(=O)O.NC(=O)c1ccccc1. The van der Waals surface area contributed by atoms with Crippen LogP contribution in [-0.2, 0) is 9.59 Å². The van der Waals surface area contributed by atoms with E-state index in [0.717, 1.165) is 0 Å². The van der Waals surface area contributed by atoms with Crippen molar-refractivity contribution in [1.82, 2.24) is 0 Å². The molecule has 0 bridgehead atoms. The molecule has 1 amide bonds. The zero-order chi connectivity index (χ0) is 13.3. The van der Waals surface area contributed by atoms with Crippen molar-refractivity contribution >= 4 is 17.7 Å². The lowest BCUT2D eigenvalue weighted by molar-refractivity contribution is -0.140. The Morgan fingerprint density at radius 1 is 1.18 bits per heavy atom. The molecule has 92 valence electrons. The first-order valence-corrected chi connectivity index (χ1v) is 5.05. The van der Waals surface area contributed by atoms with E-state index in [1.807, 2.05) is 6.07 Å². The molecule has 0 saturated heterocycles. The highest BCUT2D eigenvalue weighted by molar-refractivity contribution is 5.94. The van der Waals surface area contributed by atoms with Crippen LogP contribution in [0.15, 0.2) is 30.3 Å². The molecular weight excluding hydrogens is 222 g/mol. The zero-order valence-corrected chi connectivity index (χ0v) is 9.55. The van der Waals surface area contributed by atoms with Gasteiger partial charge in [0.2, 0.25) is 5.91 Å². The van der Waals surface area contributed by atoms with Crippen molar-refractivity contribution in [2.24, 2.45) is 5.73 Å². The molecule has 1 aromatic rings. The van der Waals surface area contributed by atoms with Crippen molar-refractivity contribution in [3.05, 3.63) is 35.9 Å². The Labute approximate surface area is 99.2 Å². The summed E-state index contributed by atoms with van der Waals surface area (Å²) < 4.78 is 0. The van der Waals surface area contributed by atoms with E-state index >= 15 is 0 Å². The predicted octanol–water partition coefficient (Wildman–Crippen LogP) is 1.23. The van der Waals surface area contributed by atoms with Crippen LogP contribution < -0.4 is 5.73 Å². The normalized spacial score (nSPS) is 8.76. The molecule has 0 unspecified atom stereocenters. The van der Waals surface area contributed by atoms with Gasteiger partial charge in [0.25, 0.3) is 0 Å². The average Bonchev–Trinajstić information content (AvgIpc) is 2.30. The predicted molar refractivity (Wildman–Crippen MR) is 62.5 cm³/mol. The van der Waals surface area contributed by atoms with E-state index in [0.29, 0.717) is 12.0 Å². The van der Waals surface area contributed by atoms with Gasteiger partial charge < -0.3 is 10.8 Å². The lowest BCUT2D eigenvalue weighted by Crippen LogP contribution is -2.09. The lowest BCUT2D eigenvalue weighted by atomic mass is 10.2. The molecule has 0 aromatic heterocycles. The van der Waals surface area contributed by atoms with Crippen molar-refractivity contribution in [1.29, 1.82) is 0 Å². The third kappa shape index (κ3) is 7.72. The fraction of sp³-hybridized carbons (Fsp3) is 0.250. The number of hydrogen-bond donors (Lipinski definition) is 2. The van der Waals surface area contributed by atoms with Gasteiger partial charge in [-0.3, -0.25) is 14.4 Å². The molecule has 1 rings (SSSR count). The molecule has 0 spiro atoms. The first kappa shape index (κ1) is 14.8. The molecule has 0 heterocycles. The summed E-state index contributed by atoms with van der Waals surface area (Å²) in [5, 5.41) is 7.99. The number of amides is 1. The number of Topliss-reactive ketones (excluding diaryl/α,β-unsaturated/α-hetero) is 1. The summed E-state index contributed by atoms with van der Waals surface area (Å²) in [6, 6.07) is 8.76. The van der Waals surface area contributed by atoms with Crippen molar-refractivity contribution < 1.29 is 19.5 Å². The van der Waals surface area contributed by atoms with Crippen LogP contribution in [0.3, 0.4) is 0 Å². The second kappa shape index (κ2) is 8.04. The van der Waals surface area contributed by atoms with Crippen molar-refractivity contribution in [3.8, 4) is 0 Å². The zero-order valence-electron chi connectivity index (χ0n) is 9.55. The molecule has 5 heteroatoms. The quantitative estimate of drug-likeness (QED) is 0.769. The molecule has 0 fully saturated rings. The van der Waals surface area contributed by atoms with Crippen molar-refractivity contribution in [2.75, 3.05) is 0 Å². The molecule has 0 aliphatic rings. The number of nitrogens with two attached hydrogens (primary N) is 1. The van der Waals surface area contributed by atoms with Gasteiger partial charge in [0.15, 0.2) is 0 Å². The highest BCUT2D eigenvalue weighted by Gasteiger charge is 2.02. The number of hydrogen-bond acceptors (Lipinski definition) is 3. The number of primary amides is 1. The summed E-state index contributed by atoms with van der Waals surface area (Å²) in [4.78, 5) is 30.4. The van der Waals surface area contributed by atoms with Crippen LogP contribution in [0.25, 0.3) is 0 Å². The highest BCUT2D eigenvalue weighted by atomic mass is 16.4. The maximum Gasteiger partial charge on any atom is 0.310 e. The largest absolute Gasteiger partial charge is 0.481 e. The molecule has 17 heavy (non-hydrogen) atoms. The summed E-state index contributed by atoms with van der Waals surface area (Å²) in [5.74, 6) is -1.65. The lowest BCUT2D eigenvalue weighted by Gasteiger charge is -1.89. The first-order chi connectivity index (χ1) is 7.97. The number of ketones is 1. The number of carbonyl (C=O) groups is 3. The van der Waals surface area contributed by atoms with Crippen molar-refractivity contribution in [2.45, 2.75) is 19.8 Å². The highest BCUT2D eigenvalue weighted by Crippen LogP contribution is 1.94. The molecule has 0 saturated carbocycles. The van der Waals surface area contributed by atoms with Crippen molar-refractivity contribution in [3.63, 3.8) is 0 Å². The standard InChI is InChI=1S/C7H7NO.C5H8O3/c8-7(9)6-4-2-1-3-5-6;1-2-4(6)3-5(7)8/h1-5H,(H2,8,9);2-3H2,1H3,(H,7,8). The maximum atomic E-state index is 10.4. The number of aliphatic carboxylic acids is 1. The molecule has 0 radical (unpaired) electrons. The Hall–Kier alpha value is -2.17. The molecule has 0 aliphatic heterocycles. The van der Waals surface area contributed by atoms with Crippen LogP contribution in [0.5, 0.6) is 0 Å². The Bertz CT molecular complexity index is 387. The minimum atomic E-state index is -1.04. The summed E-state index contributed by atoms with van der Waals surface area (Å²) in [6.45, 7) is 1.64. The fourth-order valence-electron chi connectivity index (χ4n) is 0.896. The number of carbonyl (C=O) groups excluding carboxylic acids is 2. The summed E-state index contributed by atoms with van der Waals surface area (Å²) in [6.07, 6.45) is -0.0250. The fourth-order valence-corrected chi connectivity index (χ4v) is 0.896. The number of carboxylic acid groups (broad SMARTS) is 1. The minimum absolute atomic E-state index is 0.225. The van der Waals surface area contributed by atoms with Crippen LogP contribution in [-0.4, -0.2) is 22.8 Å². The third-order valence-electron chi connectivity index (χ3n) is 1.80. The molecule has 0 aliphatic carbocycles. The second-order valence-corrected chi connectivity index (χ2v) is 3.19. The van der Waals surface area contributed by atoms with Crippen LogP contribution in [0, 0.1) is 0 Å². The molecule has 0 atom stereocenters. The molecule has 1 aromatic carbocycles. The molecule has 3 N–H and O–H groups in total. The van der Waals surface area contributed by atoms with Gasteiger partial charge in [0.05, 0.1) is 0 Å². The number of carboxylic acids is 1. The van der Waals surface area contributed by atoms with E-state index in [9.17, 15) is 14.4 Å². The monoisotopic (exact) mass is 237 g/mol. The minimum Gasteiger partial charge on any atom is -0.481 e. The Kier molecular flexibility index (Phi) is 7.01. The van der Waals surface area contributed by atoms with Crippen LogP contribution in [0.1, 0.15) is 30.1 Å². The smallest absolute Gasteiger partial charge is 0.310 e. The van der Waals surface area contributed by atoms with Gasteiger partial charge in [-0.2, -0.15) is 0 Å². The second-order valence-electron chi connectivity index (χ2n) is 3.19. The van der Waals surface area contributed by atoms with E-state index in [1.165, 1.54) is 0 Å². The third-order valence-corrected chi connectivity index (χ3v) is 1.80. The summed E-state index contributed by atoms with van der Waals surface area (Å²) >= 11 is 0. The topological polar surface area (TPSA) is 97.5 Å². The molecule has 5 nitrogen and oxygen atoms in total. The van der Waals surface area contributed by atoms with E-state index in [4.69, 9.17) is 10.8 Å². The van der Waals surface area contributed by atoms with E-state index in [-0.39, 0.29) is 18.1 Å². The van der Waals surface area contributed by atoms with E-state index < -0.39 is 5.97 Å². The van der Waals surface area contributed by atoms with Gasteiger partial charge in [0.1, 0.15) is 12.2 Å². The Balaban J connectivity index is 0.000000304. The maximum absolute atomic E-state index is 10.4. The Morgan fingerprint density at radius 3 is 1.94 bits per heavy atom. The van der Waals surface area contributed by atoms with Crippen LogP contribution >= 0.6 is 0 Å². The summed E-state index contributed by atoms with van der Waals surface area (Å²) in [5.41, 5.74) is 5.53. The summed E-state index contributed by atoms with van der Waals surface area (Å²) in [7, 11) is 0. The van der Waals surface area contributed by atoms with Gasteiger partial charge in [0, 0.05) is 12.0 Å². The Morgan fingerprint density at radius 2 is 1.71 bits per heavy atom. The van der Waals surface area contributed by atoms with E-state index in [2.05, 4.69) is 0 Å². The first-order valence-electron chi connectivity index (χ1n) is 5.05. The number of benzene rings is 1. The van der Waals surface area contributed by atoms with Gasteiger partial charge in [-0.25, -0.2) is 0 Å². The van der Waals surface area contributed by atoms with Gasteiger partial charge in [-0.1, -0.05) is 25.1 Å².